The van der Waals surface area contributed by atoms with E-state index in [1.807, 2.05) is 6.07 Å². The summed E-state index contributed by atoms with van der Waals surface area (Å²) in [4.78, 5) is 20.4. The lowest BCUT2D eigenvalue weighted by molar-refractivity contribution is -0.118. The fraction of sp³-hybridized carbons (Fsp3) is 0.227. The molecule has 4 rings (SSSR count). The van der Waals surface area contributed by atoms with Crippen molar-refractivity contribution in [2.24, 2.45) is 0 Å². The second kappa shape index (κ2) is 8.86. The van der Waals surface area contributed by atoms with Crippen LogP contribution in [0.4, 0.5) is 5.13 Å². The standard InChI is InChI=1S/C22H20N4O2S/c23-12-17-8-4-5-9-19(17)28-15-21(27)25-22-24-18-10-11-26(14-20(18)29-22)13-16-6-2-1-3-7-16/h1-9H,10-11,13-15H2,(H,24,25,27). The van der Waals surface area contributed by atoms with Crippen LogP contribution in [0.2, 0.25) is 0 Å². The summed E-state index contributed by atoms with van der Waals surface area (Å²) in [5.74, 6) is 0.116. The fourth-order valence-electron chi connectivity index (χ4n) is 3.26. The molecule has 29 heavy (non-hydrogen) atoms. The molecule has 1 aliphatic heterocycles. The molecule has 7 heteroatoms. The molecule has 0 aliphatic carbocycles. The number of amides is 1. The zero-order chi connectivity index (χ0) is 20.1. The molecule has 0 bridgehead atoms. The molecule has 146 valence electrons. The minimum Gasteiger partial charge on any atom is -0.482 e. The number of rotatable bonds is 6. The van der Waals surface area contributed by atoms with Crippen molar-refractivity contribution in [3.63, 3.8) is 0 Å². The zero-order valence-corrected chi connectivity index (χ0v) is 16.6. The first kappa shape index (κ1) is 19.1. The van der Waals surface area contributed by atoms with E-state index in [9.17, 15) is 4.79 Å². The topological polar surface area (TPSA) is 78.2 Å². The van der Waals surface area contributed by atoms with Gasteiger partial charge in [-0.3, -0.25) is 15.0 Å². The van der Waals surface area contributed by atoms with Gasteiger partial charge in [-0.25, -0.2) is 4.98 Å². The van der Waals surface area contributed by atoms with Gasteiger partial charge in [-0.2, -0.15) is 5.26 Å². The number of anilines is 1. The lowest BCUT2D eigenvalue weighted by Gasteiger charge is -2.25. The van der Waals surface area contributed by atoms with E-state index in [1.54, 1.807) is 24.3 Å². The van der Waals surface area contributed by atoms with Crippen LogP contribution in [0.1, 0.15) is 21.7 Å². The summed E-state index contributed by atoms with van der Waals surface area (Å²) < 4.78 is 5.48. The third kappa shape index (κ3) is 4.80. The number of ether oxygens (including phenoxy) is 1. The van der Waals surface area contributed by atoms with Gasteiger partial charge in [0.05, 0.1) is 11.3 Å². The third-order valence-corrected chi connectivity index (χ3v) is 5.67. The maximum absolute atomic E-state index is 12.2. The van der Waals surface area contributed by atoms with E-state index in [1.165, 1.54) is 21.8 Å². The highest BCUT2D eigenvalue weighted by molar-refractivity contribution is 7.15. The van der Waals surface area contributed by atoms with Gasteiger partial charge in [0, 0.05) is 30.9 Å². The molecule has 0 unspecified atom stereocenters. The number of nitrogens with one attached hydrogen (secondary N) is 1. The average Bonchev–Trinajstić information content (AvgIpc) is 3.14. The van der Waals surface area contributed by atoms with Crippen LogP contribution >= 0.6 is 11.3 Å². The number of hydrogen-bond acceptors (Lipinski definition) is 6. The van der Waals surface area contributed by atoms with Crippen LogP contribution in [0.5, 0.6) is 5.75 Å². The zero-order valence-electron chi connectivity index (χ0n) is 15.8. The second-order valence-corrected chi connectivity index (χ2v) is 7.86. The summed E-state index contributed by atoms with van der Waals surface area (Å²) >= 11 is 1.51. The summed E-state index contributed by atoms with van der Waals surface area (Å²) in [5.41, 5.74) is 2.76. The van der Waals surface area contributed by atoms with Gasteiger partial charge in [0.15, 0.2) is 11.7 Å². The van der Waals surface area contributed by atoms with Gasteiger partial charge in [0.25, 0.3) is 5.91 Å². The molecule has 6 nitrogen and oxygen atoms in total. The summed E-state index contributed by atoms with van der Waals surface area (Å²) in [6.07, 6.45) is 0.876. The molecule has 0 radical (unpaired) electrons. The molecular formula is C22H20N4O2S. The predicted octanol–water partition coefficient (Wildman–Crippen LogP) is 3.59. The van der Waals surface area contributed by atoms with E-state index in [0.29, 0.717) is 16.4 Å². The van der Waals surface area contributed by atoms with Crippen molar-refractivity contribution in [1.82, 2.24) is 9.88 Å². The highest BCUT2D eigenvalue weighted by atomic mass is 32.1. The molecule has 0 saturated heterocycles. The lowest BCUT2D eigenvalue weighted by Crippen LogP contribution is -2.29. The van der Waals surface area contributed by atoms with Crippen molar-refractivity contribution >= 4 is 22.4 Å². The Morgan fingerprint density at radius 2 is 2.00 bits per heavy atom. The van der Waals surface area contributed by atoms with Crippen LogP contribution in [0, 0.1) is 11.3 Å². The molecule has 0 spiro atoms. The summed E-state index contributed by atoms with van der Waals surface area (Å²) in [7, 11) is 0. The quantitative estimate of drug-likeness (QED) is 0.679. The summed E-state index contributed by atoms with van der Waals surface area (Å²) in [6, 6.07) is 19.3. The Morgan fingerprint density at radius 3 is 2.83 bits per heavy atom. The van der Waals surface area contributed by atoms with Gasteiger partial charge in [-0.05, 0) is 17.7 Å². The Balaban J connectivity index is 1.33. The molecule has 2 heterocycles. The first-order chi connectivity index (χ1) is 14.2. The van der Waals surface area contributed by atoms with E-state index >= 15 is 0 Å². The monoisotopic (exact) mass is 404 g/mol. The van der Waals surface area contributed by atoms with Crippen LogP contribution in [-0.4, -0.2) is 28.9 Å². The van der Waals surface area contributed by atoms with Crippen molar-refractivity contribution in [3.8, 4) is 11.8 Å². The van der Waals surface area contributed by atoms with Gasteiger partial charge in [-0.15, -0.1) is 11.3 Å². The SMILES string of the molecule is N#Cc1ccccc1OCC(=O)Nc1nc2c(s1)CN(Cc1ccccc1)CC2. The van der Waals surface area contributed by atoms with Crippen molar-refractivity contribution in [3.05, 3.63) is 76.3 Å². The molecule has 0 saturated carbocycles. The van der Waals surface area contributed by atoms with Crippen LogP contribution < -0.4 is 10.1 Å². The Kier molecular flexibility index (Phi) is 5.84. The fourth-order valence-corrected chi connectivity index (χ4v) is 4.33. The van der Waals surface area contributed by atoms with Crippen LogP contribution in [0.3, 0.4) is 0 Å². The van der Waals surface area contributed by atoms with Gasteiger partial charge in [0.2, 0.25) is 0 Å². The second-order valence-electron chi connectivity index (χ2n) is 6.78. The molecule has 2 aromatic carbocycles. The Hall–Kier alpha value is -3.21. The van der Waals surface area contributed by atoms with Crippen LogP contribution in [0.15, 0.2) is 54.6 Å². The highest BCUT2D eigenvalue weighted by Gasteiger charge is 2.21. The van der Waals surface area contributed by atoms with Gasteiger partial charge in [0.1, 0.15) is 11.8 Å². The third-order valence-electron chi connectivity index (χ3n) is 4.67. The largest absolute Gasteiger partial charge is 0.482 e. The normalized spacial score (nSPS) is 13.3. The molecule has 1 aromatic heterocycles. The summed E-state index contributed by atoms with van der Waals surface area (Å²) in [5, 5.41) is 12.5. The highest BCUT2D eigenvalue weighted by Crippen LogP contribution is 2.29. The van der Waals surface area contributed by atoms with E-state index < -0.39 is 0 Å². The van der Waals surface area contributed by atoms with Crippen molar-refractivity contribution in [1.29, 1.82) is 5.26 Å². The summed E-state index contributed by atoms with van der Waals surface area (Å²) in [6.45, 7) is 2.53. The maximum Gasteiger partial charge on any atom is 0.264 e. The van der Waals surface area contributed by atoms with E-state index in [-0.39, 0.29) is 12.5 Å². The minimum atomic E-state index is -0.287. The number of carbonyl (C=O) groups excluding carboxylic acids is 1. The molecule has 3 aromatic rings. The molecule has 0 fully saturated rings. The van der Waals surface area contributed by atoms with Crippen molar-refractivity contribution < 1.29 is 9.53 Å². The van der Waals surface area contributed by atoms with Gasteiger partial charge < -0.3 is 4.74 Å². The lowest BCUT2D eigenvalue weighted by atomic mass is 10.1. The predicted molar refractivity (Wildman–Crippen MR) is 112 cm³/mol. The average molecular weight is 404 g/mol. The first-order valence-corrected chi connectivity index (χ1v) is 10.2. The number of para-hydroxylation sites is 1. The Labute approximate surface area is 173 Å². The van der Waals surface area contributed by atoms with Crippen LogP contribution in [-0.2, 0) is 24.3 Å². The molecule has 0 atom stereocenters. The number of benzene rings is 2. The molecule has 1 N–H and O–H groups in total. The van der Waals surface area contributed by atoms with E-state index in [2.05, 4.69) is 45.5 Å². The number of hydrogen-bond donors (Lipinski definition) is 1. The van der Waals surface area contributed by atoms with Gasteiger partial charge in [-0.1, -0.05) is 42.5 Å². The van der Waals surface area contributed by atoms with Crippen molar-refractivity contribution in [2.75, 3.05) is 18.5 Å². The number of carbonyl (C=O) groups is 1. The Morgan fingerprint density at radius 1 is 1.21 bits per heavy atom. The number of nitrogens with zero attached hydrogens (tertiary/aromatic N) is 3. The number of thiazole rings is 1. The molecule has 1 aliphatic rings. The molecule has 1 amide bonds. The first-order valence-electron chi connectivity index (χ1n) is 9.38. The van der Waals surface area contributed by atoms with E-state index in [0.717, 1.165) is 31.7 Å². The number of aromatic nitrogens is 1. The van der Waals surface area contributed by atoms with Crippen LogP contribution in [0.25, 0.3) is 0 Å². The Bertz CT molecular complexity index is 1040. The molecular weight excluding hydrogens is 384 g/mol. The van der Waals surface area contributed by atoms with Crippen molar-refractivity contribution in [2.45, 2.75) is 19.5 Å². The van der Waals surface area contributed by atoms with E-state index in [4.69, 9.17) is 10.00 Å². The maximum atomic E-state index is 12.2. The van der Waals surface area contributed by atoms with Gasteiger partial charge >= 0.3 is 0 Å². The number of nitriles is 1. The minimum absolute atomic E-state index is 0.164. The number of fused-ring (bicyclic) bond motifs is 1. The smallest absolute Gasteiger partial charge is 0.264 e.